The van der Waals surface area contributed by atoms with Crippen molar-refractivity contribution >= 4 is 11.9 Å². The summed E-state index contributed by atoms with van der Waals surface area (Å²) in [4.78, 5) is 22.5. The van der Waals surface area contributed by atoms with Crippen LogP contribution < -0.4 is 10.1 Å². The van der Waals surface area contributed by atoms with Crippen LogP contribution in [0.5, 0.6) is 5.75 Å². The van der Waals surface area contributed by atoms with Gasteiger partial charge in [0.2, 0.25) is 5.76 Å². The maximum atomic E-state index is 12.0. The second-order valence-electron chi connectivity index (χ2n) is 5.40. The van der Waals surface area contributed by atoms with Gasteiger partial charge in [0.1, 0.15) is 5.75 Å². The number of nitrogens with one attached hydrogen (secondary N) is 1. The van der Waals surface area contributed by atoms with Crippen molar-refractivity contribution in [3.8, 4) is 5.75 Å². The van der Waals surface area contributed by atoms with E-state index in [2.05, 4.69) is 10.5 Å². The first-order chi connectivity index (χ1) is 11.1. The van der Waals surface area contributed by atoms with Crippen molar-refractivity contribution in [3.63, 3.8) is 0 Å². The fourth-order valence-corrected chi connectivity index (χ4v) is 2.13. The first-order valence-electron chi connectivity index (χ1n) is 7.30. The third-order valence-electron chi connectivity index (χ3n) is 3.46. The van der Waals surface area contributed by atoms with Crippen molar-refractivity contribution in [1.82, 2.24) is 10.5 Å². The Morgan fingerprint density at radius 2 is 2.17 bits per heavy atom. The van der Waals surface area contributed by atoms with E-state index in [0.717, 1.165) is 24.1 Å². The molecule has 2 N–H and O–H groups in total. The third-order valence-corrected chi connectivity index (χ3v) is 3.46. The molecule has 7 nitrogen and oxygen atoms in total. The molecule has 1 aliphatic rings. The average molecular weight is 316 g/mol. The molecule has 0 saturated heterocycles. The number of nitrogens with zero attached hydrogens (tertiary/aromatic N) is 1. The summed E-state index contributed by atoms with van der Waals surface area (Å²) < 4.78 is 10.1. The van der Waals surface area contributed by atoms with E-state index in [4.69, 9.17) is 14.4 Å². The maximum absolute atomic E-state index is 12.0. The zero-order valence-corrected chi connectivity index (χ0v) is 12.3. The summed E-state index contributed by atoms with van der Waals surface area (Å²) in [6, 6.07) is 8.56. The molecule has 1 saturated carbocycles. The van der Waals surface area contributed by atoms with Crippen molar-refractivity contribution < 1.29 is 24.0 Å². The molecule has 0 unspecified atom stereocenters. The Hall–Kier alpha value is -2.83. The number of amides is 1. The lowest BCUT2D eigenvalue weighted by Gasteiger charge is -2.06. The molecule has 7 heteroatoms. The summed E-state index contributed by atoms with van der Waals surface area (Å²) in [6.45, 7) is -0.125. The Kier molecular flexibility index (Phi) is 4.27. The summed E-state index contributed by atoms with van der Waals surface area (Å²) in [6.07, 6.45) is 2.19. The van der Waals surface area contributed by atoms with Gasteiger partial charge in [-0.3, -0.25) is 4.79 Å². The van der Waals surface area contributed by atoms with Gasteiger partial charge < -0.3 is 19.7 Å². The van der Waals surface area contributed by atoms with Gasteiger partial charge in [-0.05, 0) is 30.5 Å². The van der Waals surface area contributed by atoms with E-state index in [9.17, 15) is 9.59 Å². The Morgan fingerprint density at radius 3 is 2.91 bits per heavy atom. The molecule has 1 aromatic heterocycles. The minimum absolute atomic E-state index is 0.199. The lowest BCUT2D eigenvalue weighted by atomic mass is 10.2. The first-order valence-corrected chi connectivity index (χ1v) is 7.30. The molecule has 23 heavy (non-hydrogen) atoms. The maximum Gasteiger partial charge on any atom is 0.341 e. The summed E-state index contributed by atoms with van der Waals surface area (Å²) in [5, 5.41) is 15.2. The zero-order chi connectivity index (χ0) is 16.2. The zero-order valence-electron chi connectivity index (χ0n) is 12.3. The predicted molar refractivity (Wildman–Crippen MR) is 79.2 cm³/mol. The van der Waals surface area contributed by atoms with Gasteiger partial charge in [-0.25, -0.2) is 4.79 Å². The van der Waals surface area contributed by atoms with Crippen LogP contribution in [0, 0.1) is 0 Å². The van der Waals surface area contributed by atoms with Crippen LogP contribution in [0.25, 0.3) is 0 Å². The molecule has 1 heterocycles. The van der Waals surface area contributed by atoms with E-state index in [1.807, 2.05) is 6.07 Å². The van der Waals surface area contributed by atoms with Gasteiger partial charge in [-0.2, -0.15) is 0 Å². The van der Waals surface area contributed by atoms with Crippen LogP contribution in [0.1, 0.15) is 40.6 Å². The molecule has 0 bridgehead atoms. The topological polar surface area (TPSA) is 102 Å². The van der Waals surface area contributed by atoms with Gasteiger partial charge >= 0.3 is 5.97 Å². The minimum atomic E-state index is -1.04. The predicted octanol–water partition coefficient (Wildman–Crippen LogP) is 1.95. The first kappa shape index (κ1) is 15.1. The van der Waals surface area contributed by atoms with Crippen LogP contribution in [0.15, 0.2) is 34.9 Å². The van der Waals surface area contributed by atoms with Crippen LogP contribution in [0.3, 0.4) is 0 Å². The normalized spacial score (nSPS) is 13.6. The molecule has 0 radical (unpaired) electrons. The van der Waals surface area contributed by atoms with Crippen molar-refractivity contribution in [1.29, 1.82) is 0 Å². The number of benzene rings is 1. The molecule has 1 aromatic carbocycles. The standard InChI is InChI=1S/C16H16N2O5/c19-15(20)9-22-12-3-1-2-10(6-12)8-17-16(21)14-7-13(18-23-14)11-4-5-11/h1-3,6-7,11H,4-5,8-9H2,(H,17,21)(H,19,20). The molecule has 2 aromatic rings. The van der Waals surface area contributed by atoms with Crippen molar-refractivity contribution in [3.05, 3.63) is 47.3 Å². The summed E-state index contributed by atoms with van der Waals surface area (Å²) in [5.41, 5.74) is 1.63. The summed E-state index contributed by atoms with van der Waals surface area (Å²) in [5.74, 6) is -0.301. The highest BCUT2D eigenvalue weighted by Crippen LogP contribution is 2.39. The number of carbonyl (C=O) groups excluding carboxylic acids is 1. The Labute approximate surface area is 132 Å². The molecule has 1 aliphatic carbocycles. The fraction of sp³-hybridized carbons (Fsp3) is 0.312. The Balaban J connectivity index is 1.55. The van der Waals surface area contributed by atoms with E-state index in [-0.39, 0.29) is 18.2 Å². The molecular formula is C16H16N2O5. The molecule has 1 amide bonds. The number of carboxylic acids is 1. The van der Waals surface area contributed by atoms with E-state index >= 15 is 0 Å². The molecule has 0 aliphatic heterocycles. The van der Waals surface area contributed by atoms with Gasteiger partial charge in [-0.1, -0.05) is 17.3 Å². The number of hydrogen-bond donors (Lipinski definition) is 2. The Bertz CT molecular complexity index is 721. The van der Waals surface area contributed by atoms with Crippen LogP contribution in [0.4, 0.5) is 0 Å². The molecule has 1 fully saturated rings. The second kappa shape index (κ2) is 6.51. The van der Waals surface area contributed by atoms with Gasteiger partial charge in [0.05, 0.1) is 5.69 Å². The van der Waals surface area contributed by atoms with E-state index < -0.39 is 12.6 Å². The van der Waals surface area contributed by atoms with Gasteiger partial charge in [0.25, 0.3) is 5.91 Å². The summed E-state index contributed by atoms with van der Waals surface area (Å²) >= 11 is 0. The van der Waals surface area contributed by atoms with Crippen molar-refractivity contribution in [2.45, 2.75) is 25.3 Å². The second-order valence-corrected chi connectivity index (χ2v) is 5.40. The highest BCUT2D eigenvalue weighted by atomic mass is 16.5. The molecule has 0 spiro atoms. The molecular weight excluding hydrogens is 300 g/mol. The van der Waals surface area contributed by atoms with Crippen LogP contribution in [-0.4, -0.2) is 28.7 Å². The third kappa shape index (κ3) is 4.09. The lowest BCUT2D eigenvalue weighted by Crippen LogP contribution is -2.22. The quantitative estimate of drug-likeness (QED) is 0.809. The number of hydrogen-bond acceptors (Lipinski definition) is 5. The van der Waals surface area contributed by atoms with E-state index in [0.29, 0.717) is 11.7 Å². The van der Waals surface area contributed by atoms with E-state index in [1.165, 1.54) is 0 Å². The largest absolute Gasteiger partial charge is 0.482 e. The molecule has 0 atom stereocenters. The SMILES string of the molecule is O=C(O)COc1cccc(CNC(=O)c2cc(C3CC3)no2)c1. The molecule has 3 rings (SSSR count). The number of aromatic nitrogens is 1. The number of aliphatic carboxylic acids is 1. The average Bonchev–Trinajstić information content (AvgIpc) is 3.28. The number of ether oxygens (including phenoxy) is 1. The molecule has 120 valence electrons. The lowest BCUT2D eigenvalue weighted by molar-refractivity contribution is -0.139. The van der Waals surface area contributed by atoms with E-state index in [1.54, 1.807) is 24.3 Å². The number of carbonyl (C=O) groups is 2. The van der Waals surface area contributed by atoms with Crippen LogP contribution in [-0.2, 0) is 11.3 Å². The number of rotatable bonds is 7. The van der Waals surface area contributed by atoms with Gasteiger partial charge in [0.15, 0.2) is 6.61 Å². The van der Waals surface area contributed by atoms with Crippen molar-refractivity contribution in [2.24, 2.45) is 0 Å². The smallest absolute Gasteiger partial charge is 0.341 e. The number of carboxylic acid groups (broad SMARTS) is 1. The highest BCUT2D eigenvalue weighted by molar-refractivity contribution is 5.91. The highest BCUT2D eigenvalue weighted by Gasteiger charge is 2.28. The fourth-order valence-electron chi connectivity index (χ4n) is 2.13. The minimum Gasteiger partial charge on any atom is -0.482 e. The Morgan fingerprint density at radius 1 is 1.35 bits per heavy atom. The van der Waals surface area contributed by atoms with Crippen LogP contribution in [0.2, 0.25) is 0 Å². The van der Waals surface area contributed by atoms with Gasteiger partial charge in [0, 0.05) is 18.5 Å². The van der Waals surface area contributed by atoms with Crippen LogP contribution >= 0.6 is 0 Å². The monoisotopic (exact) mass is 316 g/mol. The van der Waals surface area contributed by atoms with Gasteiger partial charge in [-0.15, -0.1) is 0 Å². The van der Waals surface area contributed by atoms with Crippen molar-refractivity contribution in [2.75, 3.05) is 6.61 Å². The summed E-state index contributed by atoms with van der Waals surface area (Å²) in [7, 11) is 0.